The normalized spacial score (nSPS) is 17.7. The Bertz CT molecular complexity index is 969. The number of methoxy groups -OCH3 is 1. The van der Waals surface area contributed by atoms with Crippen molar-refractivity contribution in [2.24, 2.45) is 0 Å². The van der Waals surface area contributed by atoms with Gasteiger partial charge in [0.15, 0.2) is 0 Å². The van der Waals surface area contributed by atoms with Gasteiger partial charge in [-0.05, 0) is 48.4 Å². The van der Waals surface area contributed by atoms with Crippen LogP contribution in [0, 0.1) is 0 Å². The number of ketones is 1. The van der Waals surface area contributed by atoms with E-state index in [0.29, 0.717) is 28.5 Å². The number of carbonyl (C=O) groups is 2. The molecular formula is C25H28ClNO5. The number of hydrogen-bond acceptors (Lipinski definition) is 5. The molecule has 1 amide bonds. The summed E-state index contributed by atoms with van der Waals surface area (Å²) >= 11 is 6.02. The third kappa shape index (κ3) is 5.31. The van der Waals surface area contributed by atoms with Gasteiger partial charge in [0.1, 0.15) is 11.5 Å². The topological polar surface area (TPSA) is 76.1 Å². The molecule has 1 saturated heterocycles. The van der Waals surface area contributed by atoms with Gasteiger partial charge in [0.25, 0.3) is 11.7 Å². The monoisotopic (exact) mass is 457 g/mol. The first kappa shape index (κ1) is 23.8. The lowest BCUT2D eigenvalue weighted by Gasteiger charge is -2.25. The predicted octanol–water partition coefficient (Wildman–Crippen LogP) is 4.98. The Morgan fingerprint density at radius 2 is 1.72 bits per heavy atom. The van der Waals surface area contributed by atoms with Crippen molar-refractivity contribution in [3.63, 3.8) is 0 Å². The van der Waals surface area contributed by atoms with Crippen LogP contribution >= 0.6 is 11.6 Å². The van der Waals surface area contributed by atoms with E-state index < -0.39 is 17.7 Å². The van der Waals surface area contributed by atoms with Gasteiger partial charge in [-0.3, -0.25) is 9.59 Å². The summed E-state index contributed by atoms with van der Waals surface area (Å²) in [7, 11) is 1.53. The van der Waals surface area contributed by atoms with Gasteiger partial charge in [-0.15, -0.1) is 0 Å². The molecule has 0 aromatic heterocycles. The number of likely N-dealkylation sites (tertiary alicyclic amines) is 1. The van der Waals surface area contributed by atoms with E-state index in [2.05, 4.69) is 6.92 Å². The molecule has 1 fully saturated rings. The molecule has 3 rings (SSSR count). The highest BCUT2D eigenvalue weighted by molar-refractivity contribution is 6.46. The summed E-state index contributed by atoms with van der Waals surface area (Å²) in [5.41, 5.74) is 1.17. The molecule has 1 heterocycles. The first-order valence-electron chi connectivity index (χ1n) is 10.7. The van der Waals surface area contributed by atoms with Crippen molar-refractivity contribution in [1.29, 1.82) is 0 Å². The third-order valence-electron chi connectivity index (χ3n) is 5.41. The lowest BCUT2D eigenvalue weighted by Crippen LogP contribution is -2.32. The molecule has 1 N–H and O–H groups in total. The van der Waals surface area contributed by atoms with Gasteiger partial charge < -0.3 is 19.5 Å². The second kappa shape index (κ2) is 11.2. The minimum absolute atomic E-state index is 0.0463. The standard InChI is InChI=1S/C25H28ClNO5/c1-3-4-5-15-32-20-12-8-18(9-13-20)23(28)21-22(17-6-10-19(26)11-7-17)27(14-16-31-2)25(30)24(21)29/h6-13,22,28H,3-5,14-16H2,1-2H3/b23-21-. The van der Waals surface area contributed by atoms with Crippen LogP contribution in [0.25, 0.3) is 5.76 Å². The molecule has 2 aromatic rings. The van der Waals surface area contributed by atoms with Crippen LogP contribution in [0.1, 0.15) is 43.4 Å². The minimum atomic E-state index is -0.729. The molecule has 1 aliphatic heterocycles. The van der Waals surface area contributed by atoms with Crippen LogP contribution in [-0.2, 0) is 14.3 Å². The van der Waals surface area contributed by atoms with E-state index in [1.54, 1.807) is 48.5 Å². The maximum absolute atomic E-state index is 12.9. The number of Topliss-reactive ketones (excluding diaryl/α,β-unsaturated/α-hetero) is 1. The smallest absolute Gasteiger partial charge is 0.295 e. The number of carbonyl (C=O) groups excluding carboxylic acids is 2. The number of unbranched alkanes of at least 4 members (excludes halogenated alkanes) is 2. The lowest BCUT2D eigenvalue weighted by atomic mass is 9.95. The van der Waals surface area contributed by atoms with Gasteiger partial charge >= 0.3 is 0 Å². The zero-order valence-corrected chi connectivity index (χ0v) is 19.1. The zero-order chi connectivity index (χ0) is 23.1. The molecule has 32 heavy (non-hydrogen) atoms. The SMILES string of the molecule is CCCCCOc1ccc(/C(O)=C2/C(=O)C(=O)N(CCOC)C2c2ccc(Cl)cc2)cc1. The summed E-state index contributed by atoms with van der Waals surface area (Å²) in [6, 6.07) is 13.0. The maximum Gasteiger partial charge on any atom is 0.295 e. The molecule has 0 radical (unpaired) electrons. The molecule has 0 aliphatic carbocycles. The highest BCUT2D eigenvalue weighted by Crippen LogP contribution is 2.39. The van der Waals surface area contributed by atoms with Gasteiger partial charge in [0, 0.05) is 24.2 Å². The van der Waals surface area contributed by atoms with Crippen LogP contribution in [0.15, 0.2) is 54.1 Å². The number of amides is 1. The number of benzene rings is 2. The van der Waals surface area contributed by atoms with Crippen LogP contribution < -0.4 is 4.74 Å². The molecule has 0 spiro atoms. The third-order valence-corrected chi connectivity index (χ3v) is 5.66. The maximum atomic E-state index is 12.9. The Morgan fingerprint density at radius 1 is 1.03 bits per heavy atom. The van der Waals surface area contributed by atoms with E-state index in [4.69, 9.17) is 21.1 Å². The Labute approximate surface area is 193 Å². The second-order valence-corrected chi connectivity index (χ2v) is 8.05. The van der Waals surface area contributed by atoms with Crippen molar-refractivity contribution in [3.8, 4) is 5.75 Å². The van der Waals surface area contributed by atoms with Gasteiger partial charge in [-0.25, -0.2) is 0 Å². The molecule has 7 heteroatoms. The number of nitrogens with zero attached hydrogens (tertiary/aromatic N) is 1. The summed E-state index contributed by atoms with van der Waals surface area (Å²) in [6.45, 7) is 3.24. The molecule has 0 saturated carbocycles. The number of halogens is 1. The number of rotatable bonds is 10. The zero-order valence-electron chi connectivity index (χ0n) is 18.3. The fourth-order valence-corrected chi connectivity index (χ4v) is 3.82. The fraction of sp³-hybridized carbons (Fsp3) is 0.360. The minimum Gasteiger partial charge on any atom is -0.507 e. The lowest BCUT2D eigenvalue weighted by molar-refractivity contribution is -0.140. The average Bonchev–Trinajstić information content (AvgIpc) is 3.05. The van der Waals surface area contributed by atoms with Crippen molar-refractivity contribution in [2.45, 2.75) is 32.2 Å². The highest BCUT2D eigenvalue weighted by Gasteiger charge is 2.45. The highest BCUT2D eigenvalue weighted by atomic mass is 35.5. The average molecular weight is 458 g/mol. The van der Waals surface area contributed by atoms with E-state index >= 15 is 0 Å². The summed E-state index contributed by atoms with van der Waals surface area (Å²) in [4.78, 5) is 27.1. The molecule has 6 nitrogen and oxygen atoms in total. The van der Waals surface area contributed by atoms with Crippen molar-refractivity contribution < 1.29 is 24.2 Å². The van der Waals surface area contributed by atoms with E-state index in [0.717, 1.165) is 19.3 Å². The molecule has 1 aliphatic rings. The predicted molar refractivity (Wildman–Crippen MR) is 124 cm³/mol. The largest absolute Gasteiger partial charge is 0.507 e. The fourth-order valence-electron chi connectivity index (χ4n) is 3.70. The van der Waals surface area contributed by atoms with E-state index in [1.165, 1.54) is 12.0 Å². The molecule has 2 aromatic carbocycles. The molecule has 170 valence electrons. The van der Waals surface area contributed by atoms with Gasteiger partial charge in [-0.2, -0.15) is 0 Å². The van der Waals surface area contributed by atoms with Crippen LogP contribution in [-0.4, -0.2) is 48.6 Å². The molecule has 0 bridgehead atoms. The number of ether oxygens (including phenoxy) is 2. The summed E-state index contributed by atoms with van der Waals surface area (Å²) in [5.74, 6) is -0.925. The van der Waals surface area contributed by atoms with Crippen LogP contribution in [0.5, 0.6) is 5.75 Å². The van der Waals surface area contributed by atoms with E-state index in [-0.39, 0.29) is 24.5 Å². The molecule has 1 unspecified atom stereocenters. The van der Waals surface area contributed by atoms with Crippen LogP contribution in [0.3, 0.4) is 0 Å². The van der Waals surface area contributed by atoms with Crippen molar-refractivity contribution in [3.05, 3.63) is 70.3 Å². The number of aliphatic hydroxyl groups is 1. The Kier molecular flexibility index (Phi) is 8.31. The van der Waals surface area contributed by atoms with Crippen molar-refractivity contribution >= 4 is 29.1 Å². The van der Waals surface area contributed by atoms with Gasteiger partial charge in [-0.1, -0.05) is 43.5 Å². The Hall–Kier alpha value is -2.83. The van der Waals surface area contributed by atoms with Gasteiger partial charge in [0.2, 0.25) is 0 Å². The van der Waals surface area contributed by atoms with Crippen LogP contribution in [0.2, 0.25) is 5.02 Å². The second-order valence-electron chi connectivity index (χ2n) is 7.62. The quantitative estimate of drug-likeness (QED) is 0.236. The van der Waals surface area contributed by atoms with Crippen LogP contribution in [0.4, 0.5) is 0 Å². The van der Waals surface area contributed by atoms with Crippen molar-refractivity contribution in [1.82, 2.24) is 4.90 Å². The Balaban J connectivity index is 1.94. The van der Waals surface area contributed by atoms with E-state index in [1.807, 2.05) is 0 Å². The number of hydrogen-bond donors (Lipinski definition) is 1. The Morgan fingerprint density at radius 3 is 2.34 bits per heavy atom. The summed E-state index contributed by atoms with van der Waals surface area (Å²) in [6.07, 6.45) is 3.20. The first-order chi connectivity index (χ1) is 15.5. The van der Waals surface area contributed by atoms with E-state index in [9.17, 15) is 14.7 Å². The molecule has 1 atom stereocenters. The molecular weight excluding hydrogens is 430 g/mol. The first-order valence-corrected chi connectivity index (χ1v) is 11.1. The van der Waals surface area contributed by atoms with Crippen molar-refractivity contribution in [2.75, 3.05) is 26.9 Å². The summed E-state index contributed by atoms with van der Waals surface area (Å²) in [5, 5.41) is 11.6. The summed E-state index contributed by atoms with van der Waals surface area (Å²) < 4.78 is 10.8. The van der Waals surface area contributed by atoms with Gasteiger partial charge in [0.05, 0.1) is 24.8 Å². The number of aliphatic hydroxyl groups excluding tert-OH is 1.